The van der Waals surface area contributed by atoms with E-state index in [0.717, 1.165) is 0 Å². The fourth-order valence-corrected chi connectivity index (χ4v) is 2.23. The van der Waals surface area contributed by atoms with Crippen molar-refractivity contribution in [1.29, 1.82) is 21.0 Å². The Morgan fingerprint density at radius 2 is 0.731 bits per heavy atom. The molecule has 0 radical (unpaired) electrons. The quantitative estimate of drug-likeness (QED) is 0.692. The number of nitriles is 4. The van der Waals surface area contributed by atoms with E-state index in [2.05, 4.69) is 20.4 Å². The van der Waals surface area contributed by atoms with Crippen LogP contribution < -0.4 is 0 Å². The Bertz CT molecular complexity index is 1010. The Kier molecular flexibility index (Phi) is 4.27. The van der Waals surface area contributed by atoms with Crippen LogP contribution in [0, 0.1) is 45.3 Å². The van der Waals surface area contributed by atoms with Gasteiger partial charge in [-0.25, -0.2) is 0 Å². The van der Waals surface area contributed by atoms with Crippen LogP contribution in [0.25, 0.3) is 22.8 Å². The summed E-state index contributed by atoms with van der Waals surface area (Å²) >= 11 is 0. The first-order valence-corrected chi connectivity index (χ1v) is 7.15. The van der Waals surface area contributed by atoms with Crippen LogP contribution in [0.2, 0.25) is 0 Å². The third kappa shape index (κ3) is 3.16. The van der Waals surface area contributed by atoms with Gasteiger partial charge in [-0.3, -0.25) is 0 Å². The van der Waals surface area contributed by atoms with Crippen LogP contribution in [0.15, 0.2) is 36.4 Å². The molecule has 2 aromatic carbocycles. The van der Waals surface area contributed by atoms with Gasteiger partial charge in [0.2, 0.25) is 11.6 Å². The Balaban J connectivity index is 2.03. The number of nitrogens with zero attached hydrogens (tertiary/aromatic N) is 8. The second-order valence-electron chi connectivity index (χ2n) is 5.09. The lowest BCUT2D eigenvalue weighted by molar-refractivity contribution is 0.876. The van der Waals surface area contributed by atoms with Crippen molar-refractivity contribution in [3.05, 3.63) is 58.7 Å². The van der Waals surface area contributed by atoms with Crippen molar-refractivity contribution in [2.75, 3.05) is 0 Å². The van der Waals surface area contributed by atoms with Gasteiger partial charge in [0.05, 0.1) is 46.5 Å². The lowest BCUT2D eigenvalue weighted by Crippen LogP contribution is -2.00. The summed E-state index contributed by atoms with van der Waals surface area (Å²) in [5.41, 5.74) is 2.07. The van der Waals surface area contributed by atoms with Crippen LogP contribution in [0.1, 0.15) is 22.3 Å². The average Bonchev–Trinajstić information content (AvgIpc) is 2.72. The summed E-state index contributed by atoms with van der Waals surface area (Å²) in [4.78, 5) is 0. The molecule has 118 valence electrons. The van der Waals surface area contributed by atoms with E-state index in [1.807, 2.05) is 24.3 Å². The van der Waals surface area contributed by atoms with Gasteiger partial charge < -0.3 is 0 Å². The van der Waals surface area contributed by atoms with Gasteiger partial charge in [0.1, 0.15) is 0 Å². The molecular weight excluding hydrogens is 328 g/mol. The van der Waals surface area contributed by atoms with Crippen LogP contribution in [0.4, 0.5) is 0 Å². The molecule has 1 heterocycles. The van der Waals surface area contributed by atoms with Gasteiger partial charge >= 0.3 is 0 Å². The second-order valence-corrected chi connectivity index (χ2v) is 5.09. The maximum absolute atomic E-state index is 9.04. The van der Waals surface area contributed by atoms with Crippen molar-refractivity contribution in [1.82, 2.24) is 20.4 Å². The molecule has 0 saturated carbocycles. The minimum atomic E-state index is 0.152. The molecule has 26 heavy (non-hydrogen) atoms. The zero-order valence-electron chi connectivity index (χ0n) is 13.0. The molecule has 0 aliphatic rings. The molecule has 0 aliphatic heterocycles. The highest BCUT2D eigenvalue weighted by atomic mass is 15.3. The third-order valence-corrected chi connectivity index (χ3v) is 3.38. The van der Waals surface area contributed by atoms with Crippen molar-refractivity contribution in [2.45, 2.75) is 0 Å². The molecule has 0 unspecified atom stereocenters. The topological polar surface area (TPSA) is 147 Å². The second kappa shape index (κ2) is 6.84. The molecule has 3 aromatic rings. The molecular formula is C18H6N8. The normalized spacial score (nSPS) is 9.38. The maximum Gasteiger partial charge on any atom is 0.203 e. The molecule has 0 atom stereocenters. The van der Waals surface area contributed by atoms with Crippen molar-refractivity contribution in [3.8, 4) is 47.1 Å². The summed E-state index contributed by atoms with van der Waals surface area (Å²) in [6.45, 7) is 0. The molecule has 0 spiro atoms. The highest BCUT2D eigenvalue weighted by Crippen LogP contribution is 2.20. The molecule has 1 aromatic heterocycles. The summed E-state index contributed by atoms with van der Waals surface area (Å²) in [5, 5.41) is 52.1. The largest absolute Gasteiger partial charge is 0.203 e. The Morgan fingerprint density at radius 1 is 0.462 bits per heavy atom. The summed E-state index contributed by atoms with van der Waals surface area (Å²) in [6.07, 6.45) is 0. The Labute approximate surface area is 147 Å². The van der Waals surface area contributed by atoms with E-state index in [1.165, 1.54) is 36.4 Å². The minimum absolute atomic E-state index is 0.152. The summed E-state index contributed by atoms with van der Waals surface area (Å²) < 4.78 is 0. The lowest BCUT2D eigenvalue weighted by atomic mass is 10.1. The number of benzene rings is 2. The molecule has 8 heteroatoms. The van der Waals surface area contributed by atoms with E-state index >= 15 is 0 Å². The zero-order valence-corrected chi connectivity index (χ0v) is 13.0. The van der Waals surface area contributed by atoms with E-state index < -0.39 is 0 Å². The minimum Gasteiger partial charge on any atom is -0.192 e. The molecule has 0 fully saturated rings. The van der Waals surface area contributed by atoms with Crippen molar-refractivity contribution in [2.24, 2.45) is 0 Å². The van der Waals surface area contributed by atoms with Crippen LogP contribution in [-0.4, -0.2) is 20.4 Å². The van der Waals surface area contributed by atoms with Gasteiger partial charge in [0.15, 0.2) is 0 Å². The average molecular weight is 334 g/mol. The third-order valence-electron chi connectivity index (χ3n) is 3.38. The fraction of sp³-hybridized carbons (Fsp3) is 0. The van der Waals surface area contributed by atoms with E-state index in [9.17, 15) is 0 Å². The number of rotatable bonds is 2. The molecule has 0 aliphatic carbocycles. The van der Waals surface area contributed by atoms with E-state index in [-0.39, 0.29) is 11.6 Å². The van der Waals surface area contributed by atoms with Gasteiger partial charge in [0.25, 0.3) is 0 Å². The van der Waals surface area contributed by atoms with Gasteiger partial charge in [-0.15, -0.1) is 20.4 Å². The summed E-state index contributed by atoms with van der Waals surface area (Å²) in [6, 6.07) is 16.9. The Hall–Kier alpha value is -4.66. The predicted octanol–water partition coefficient (Wildman–Crippen LogP) is 2.09. The summed E-state index contributed by atoms with van der Waals surface area (Å²) in [7, 11) is 0. The molecule has 0 saturated heterocycles. The number of hydrogen-bond donors (Lipinski definition) is 0. The van der Waals surface area contributed by atoms with Crippen molar-refractivity contribution in [3.63, 3.8) is 0 Å². The maximum atomic E-state index is 9.04. The molecule has 0 amide bonds. The van der Waals surface area contributed by atoms with Gasteiger partial charge in [-0.05, 0) is 36.4 Å². The highest BCUT2D eigenvalue weighted by Gasteiger charge is 2.11. The van der Waals surface area contributed by atoms with Crippen LogP contribution in [-0.2, 0) is 0 Å². The monoisotopic (exact) mass is 334 g/mol. The predicted molar refractivity (Wildman–Crippen MR) is 87.4 cm³/mol. The van der Waals surface area contributed by atoms with Crippen LogP contribution >= 0.6 is 0 Å². The zero-order chi connectivity index (χ0) is 18.5. The molecule has 8 nitrogen and oxygen atoms in total. The van der Waals surface area contributed by atoms with Gasteiger partial charge in [-0.2, -0.15) is 21.0 Å². The van der Waals surface area contributed by atoms with Gasteiger partial charge in [-0.1, -0.05) is 0 Å². The van der Waals surface area contributed by atoms with Crippen molar-refractivity contribution < 1.29 is 0 Å². The van der Waals surface area contributed by atoms with Crippen molar-refractivity contribution >= 4 is 0 Å². The molecule has 0 bridgehead atoms. The first-order chi connectivity index (χ1) is 12.7. The lowest BCUT2D eigenvalue weighted by Gasteiger charge is -2.03. The van der Waals surface area contributed by atoms with Crippen LogP contribution in [0.5, 0.6) is 0 Å². The molecule has 3 rings (SSSR count). The van der Waals surface area contributed by atoms with Crippen LogP contribution in [0.3, 0.4) is 0 Å². The van der Waals surface area contributed by atoms with E-state index in [1.54, 1.807) is 0 Å². The Morgan fingerprint density at radius 3 is 0.962 bits per heavy atom. The number of hydrogen-bond acceptors (Lipinski definition) is 8. The standard InChI is InChI=1S/C18H6N8/c19-7-11-1-12(8-20)4-15(3-11)17-23-25-18(26-24-17)16-5-13(9-21)2-14(6-16)10-22/h1-6H. The van der Waals surface area contributed by atoms with E-state index in [4.69, 9.17) is 21.0 Å². The van der Waals surface area contributed by atoms with E-state index in [0.29, 0.717) is 33.4 Å². The smallest absolute Gasteiger partial charge is 0.192 e. The van der Waals surface area contributed by atoms with Gasteiger partial charge in [0, 0.05) is 11.1 Å². The molecule has 0 N–H and O–H groups in total. The number of aromatic nitrogens is 4. The first kappa shape index (κ1) is 16.2. The fourth-order valence-electron chi connectivity index (χ4n) is 2.23. The summed E-state index contributed by atoms with van der Waals surface area (Å²) in [5.74, 6) is 0.304. The highest BCUT2D eigenvalue weighted by molar-refractivity contribution is 5.63. The SMILES string of the molecule is N#Cc1cc(C#N)cc(-c2nnc(-c3cc(C#N)cc(C#N)c3)nn2)c1. The first-order valence-electron chi connectivity index (χ1n) is 7.15.